The Morgan fingerprint density at radius 1 is 1.23 bits per heavy atom. The second-order valence-corrected chi connectivity index (χ2v) is 10.3. The first-order chi connectivity index (χ1) is 14.9. The largest absolute Gasteiger partial charge is 0.488 e. The van der Waals surface area contributed by atoms with Gasteiger partial charge in [0.25, 0.3) is 0 Å². The van der Waals surface area contributed by atoms with Gasteiger partial charge in [0, 0.05) is 26.2 Å². The van der Waals surface area contributed by atoms with Crippen molar-refractivity contribution in [2.24, 2.45) is 5.92 Å². The highest BCUT2D eigenvalue weighted by Gasteiger charge is 2.34. The van der Waals surface area contributed by atoms with E-state index in [1.807, 2.05) is 0 Å². The zero-order valence-corrected chi connectivity index (χ0v) is 19.7. The first kappa shape index (κ1) is 22.6. The van der Waals surface area contributed by atoms with E-state index < -0.39 is 0 Å². The molecule has 1 amide bonds. The Labute approximate surface area is 188 Å². The van der Waals surface area contributed by atoms with Gasteiger partial charge in [0.05, 0.1) is 13.0 Å². The average molecular weight is 429 g/mol. The maximum absolute atomic E-state index is 13.3. The molecule has 0 radical (unpaired) electrons. The molecule has 31 heavy (non-hydrogen) atoms. The van der Waals surface area contributed by atoms with Crippen molar-refractivity contribution in [2.45, 2.75) is 76.9 Å². The molecule has 2 atom stereocenters. The van der Waals surface area contributed by atoms with Crippen molar-refractivity contribution in [3.63, 3.8) is 0 Å². The smallest absolute Gasteiger partial charge is 0.227 e. The molecule has 0 saturated carbocycles. The summed E-state index contributed by atoms with van der Waals surface area (Å²) in [6, 6.07) is 6.96. The van der Waals surface area contributed by atoms with Crippen molar-refractivity contribution < 1.29 is 14.3 Å². The first-order valence-corrected chi connectivity index (χ1v) is 12.3. The Balaban J connectivity index is 1.42. The normalized spacial score (nSPS) is 25.3. The minimum Gasteiger partial charge on any atom is -0.488 e. The second-order valence-electron chi connectivity index (χ2n) is 10.3. The summed E-state index contributed by atoms with van der Waals surface area (Å²) in [4.78, 5) is 18.1. The molecule has 0 aromatic heterocycles. The first-order valence-electron chi connectivity index (χ1n) is 12.3. The van der Waals surface area contributed by atoms with Gasteiger partial charge in [-0.25, -0.2) is 0 Å². The lowest BCUT2D eigenvalue weighted by atomic mass is 9.83. The van der Waals surface area contributed by atoms with E-state index in [9.17, 15) is 4.79 Å². The molecule has 5 heteroatoms. The highest BCUT2D eigenvalue weighted by Crippen LogP contribution is 2.34. The zero-order valence-electron chi connectivity index (χ0n) is 19.7. The molecule has 3 heterocycles. The van der Waals surface area contributed by atoms with E-state index in [1.54, 1.807) is 7.11 Å². The SMILES string of the molecule is COCCN(C[C@@H]1CCCN2CCCC[C@H]12)C(=O)Cc1ccc2c(c1)CCC(C)(C)O2. The molecule has 5 nitrogen and oxygen atoms in total. The van der Waals surface area contributed by atoms with E-state index in [2.05, 4.69) is 41.8 Å². The summed E-state index contributed by atoms with van der Waals surface area (Å²) in [6.07, 6.45) is 8.93. The number of amides is 1. The van der Waals surface area contributed by atoms with Crippen LogP contribution in [0.15, 0.2) is 18.2 Å². The van der Waals surface area contributed by atoms with Gasteiger partial charge in [0.2, 0.25) is 5.91 Å². The molecule has 172 valence electrons. The number of hydrogen-bond acceptors (Lipinski definition) is 4. The highest BCUT2D eigenvalue weighted by atomic mass is 16.5. The fraction of sp³-hybridized carbons (Fsp3) is 0.731. The van der Waals surface area contributed by atoms with Crippen molar-refractivity contribution in [3.05, 3.63) is 29.3 Å². The number of ether oxygens (including phenoxy) is 2. The molecule has 3 aliphatic heterocycles. The number of piperidine rings is 2. The van der Waals surface area contributed by atoms with Crippen LogP contribution < -0.4 is 4.74 Å². The Morgan fingerprint density at radius 3 is 2.90 bits per heavy atom. The van der Waals surface area contributed by atoms with Crippen molar-refractivity contribution in [1.29, 1.82) is 0 Å². The van der Waals surface area contributed by atoms with Crippen LogP contribution in [0.2, 0.25) is 0 Å². The van der Waals surface area contributed by atoms with Crippen molar-refractivity contribution in [2.75, 3.05) is 39.9 Å². The topological polar surface area (TPSA) is 42.0 Å². The molecule has 4 rings (SSSR count). The summed E-state index contributed by atoms with van der Waals surface area (Å²) in [6.45, 7) is 8.90. The minimum absolute atomic E-state index is 0.103. The van der Waals surface area contributed by atoms with Crippen LogP contribution in [0.25, 0.3) is 0 Å². The minimum atomic E-state index is -0.103. The van der Waals surface area contributed by atoms with Gasteiger partial charge in [-0.3, -0.25) is 4.79 Å². The van der Waals surface area contributed by atoms with Gasteiger partial charge >= 0.3 is 0 Å². The van der Waals surface area contributed by atoms with Gasteiger partial charge in [-0.15, -0.1) is 0 Å². The van der Waals surface area contributed by atoms with Crippen molar-refractivity contribution >= 4 is 5.91 Å². The standard InChI is InChI=1S/C26H40N2O3/c1-26(2)12-11-21-17-20(9-10-24(21)31-26)18-25(29)28(15-16-30-3)19-22-7-6-14-27-13-5-4-8-23(22)27/h9-10,17,22-23H,4-8,11-16,18-19H2,1-3H3/t22-,23+/m0/s1. The molecule has 2 fully saturated rings. The summed E-state index contributed by atoms with van der Waals surface area (Å²) >= 11 is 0. The maximum Gasteiger partial charge on any atom is 0.227 e. The Hall–Kier alpha value is -1.59. The fourth-order valence-electron chi connectivity index (χ4n) is 5.70. The zero-order chi connectivity index (χ0) is 21.8. The molecule has 0 aliphatic carbocycles. The van der Waals surface area contributed by atoms with Gasteiger partial charge in [-0.2, -0.15) is 0 Å². The van der Waals surface area contributed by atoms with Gasteiger partial charge in [0.15, 0.2) is 0 Å². The number of rotatable bonds is 7. The van der Waals surface area contributed by atoms with Crippen LogP contribution in [0.4, 0.5) is 0 Å². The second kappa shape index (κ2) is 9.91. The van der Waals surface area contributed by atoms with Crippen LogP contribution in [0, 0.1) is 5.92 Å². The quantitative estimate of drug-likeness (QED) is 0.656. The molecule has 0 unspecified atom stereocenters. The Kier molecular flexibility index (Phi) is 7.22. The molecule has 1 aromatic carbocycles. The molecule has 3 aliphatic rings. The van der Waals surface area contributed by atoms with Crippen LogP contribution in [0.1, 0.15) is 63.5 Å². The van der Waals surface area contributed by atoms with Crippen LogP contribution in [0.5, 0.6) is 5.75 Å². The molecule has 0 bridgehead atoms. The lowest BCUT2D eigenvalue weighted by molar-refractivity contribution is -0.132. The van der Waals surface area contributed by atoms with Gasteiger partial charge in [0.1, 0.15) is 11.4 Å². The van der Waals surface area contributed by atoms with E-state index in [-0.39, 0.29) is 11.5 Å². The van der Waals surface area contributed by atoms with E-state index in [0.717, 1.165) is 30.7 Å². The van der Waals surface area contributed by atoms with Gasteiger partial charge in [-0.1, -0.05) is 18.6 Å². The third kappa shape index (κ3) is 5.61. The number of carbonyl (C=O) groups is 1. The summed E-state index contributed by atoms with van der Waals surface area (Å²) in [5.74, 6) is 1.79. The maximum atomic E-state index is 13.3. The highest BCUT2D eigenvalue weighted by molar-refractivity contribution is 5.79. The molecule has 0 spiro atoms. The third-order valence-electron chi connectivity index (χ3n) is 7.46. The van der Waals surface area contributed by atoms with Crippen LogP contribution >= 0.6 is 0 Å². The molecule has 0 N–H and O–H groups in total. The van der Waals surface area contributed by atoms with Crippen LogP contribution in [-0.2, 0) is 22.4 Å². The third-order valence-corrected chi connectivity index (χ3v) is 7.46. The van der Waals surface area contributed by atoms with Crippen LogP contribution in [0.3, 0.4) is 0 Å². The average Bonchev–Trinajstić information content (AvgIpc) is 2.76. The number of fused-ring (bicyclic) bond motifs is 2. The van der Waals surface area contributed by atoms with Crippen molar-refractivity contribution in [3.8, 4) is 5.75 Å². The van der Waals surface area contributed by atoms with E-state index in [0.29, 0.717) is 31.5 Å². The molecular weight excluding hydrogens is 388 g/mol. The molecule has 1 aromatic rings. The number of carbonyl (C=O) groups excluding carboxylic acids is 1. The number of hydrogen-bond donors (Lipinski definition) is 0. The number of nitrogens with zero attached hydrogens (tertiary/aromatic N) is 2. The van der Waals surface area contributed by atoms with Gasteiger partial charge < -0.3 is 19.3 Å². The molecular formula is C26H40N2O3. The number of methoxy groups -OCH3 is 1. The summed E-state index contributed by atoms with van der Waals surface area (Å²) in [5.41, 5.74) is 2.23. The summed E-state index contributed by atoms with van der Waals surface area (Å²) < 4.78 is 11.5. The Bertz CT molecular complexity index is 761. The van der Waals surface area contributed by atoms with Crippen LogP contribution in [-0.4, -0.2) is 67.2 Å². The lowest BCUT2D eigenvalue weighted by Gasteiger charge is -2.45. The lowest BCUT2D eigenvalue weighted by Crippen LogP contribution is -2.52. The fourth-order valence-corrected chi connectivity index (χ4v) is 5.70. The van der Waals surface area contributed by atoms with Gasteiger partial charge in [-0.05, 0) is 88.6 Å². The predicted molar refractivity (Wildman–Crippen MR) is 124 cm³/mol. The summed E-state index contributed by atoms with van der Waals surface area (Å²) in [7, 11) is 1.72. The summed E-state index contributed by atoms with van der Waals surface area (Å²) in [5, 5.41) is 0. The Morgan fingerprint density at radius 2 is 2.06 bits per heavy atom. The predicted octanol–water partition coefficient (Wildman–Crippen LogP) is 4.07. The van der Waals surface area contributed by atoms with Crippen molar-refractivity contribution in [1.82, 2.24) is 9.80 Å². The number of benzene rings is 1. The molecule has 2 saturated heterocycles. The number of aryl methyl sites for hydroxylation is 1. The van der Waals surface area contributed by atoms with E-state index in [1.165, 1.54) is 50.8 Å². The van der Waals surface area contributed by atoms with E-state index in [4.69, 9.17) is 9.47 Å². The monoisotopic (exact) mass is 428 g/mol. The van der Waals surface area contributed by atoms with E-state index >= 15 is 0 Å².